The summed E-state index contributed by atoms with van der Waals surface area (Å²) in [7, 11) is 1.57. The van der Waals surface area contributed by atoms with Crippen LogP contribution in [0.2, 0.25) is 0 Å². The summed E-state index contributed by atoms with van der Waals surface area (Å²) in [5.74, 6) is -0.976. The van der Waals surface area contributed by atoms with Crippen LogP contribution in [0.5, 0.6) is 0 Å². The Morgan fingerprint density at radius 1 is 1.24 bits per heavy atom. The maximum absolute atomic E-state index is 14.4. The number of benzene rings is 1. The lowest BCUT2D eigenvalue weighted by molar-refractivity contribution is -0.298. The molecule has 0 bridgehead atoms. The Morgan fingerprint density at radius 3 is 2.49 bits per heavy atom. The molecule has 3 aromatic rings. The average Bonchev–Trinajstić information content (AvgIpc) is 3.23. The van der Waals surface area contributed by atoms with Crippen molar-refractivity contribution in [2.75, 3.05) is 18.4 Å². The molecule has 1 saturated heterocycles. The second kappa shape index (κ2) is 9.74. The number of aromatic nitrogens is 4. The monoisotopic (exact) mass is 521 g/mol. The van der Waals surface area contributed by atoms with Crippen LogP contribution in [-0.4, -0.2) is 61.9 Å². The molecule has 1 fully saturated rings. The number of nitrogens with zero attached hydrogens (tertiary/aromatic N) is 6. The standard InChI is InChI=1S/C23H20F5N7O2/c1-13-18(10-32-21-30-8-16(9-31-21)23(26,27)28)35(12-22(24,25)37-13)20(36)19-17(11-34(2)33-19)15-5-3-14(7-29)4-6-15/h3-6,8-9,11,13,18H,10,12H2,1-2H3,(H,30,31,32)/t13-,18+/m0/s1. The van der Waals surface area contributed by atoms with Crippen molar-refractivity contribution in [3.05, 3.63) is 59.7 Å². The molecule has 194 valence electrons. The first kappa shape index (κ1) is 26.0. The number of hydrogen-bond acceptors (Lipinski definition) is 7. The minimum atomic E-state index is -4.62. The molecule has 1 aliphatic rings. The van der Waals surface area contributed by atoms with Gasteiger partial charge in [0.2, 0.25) is 5.95 Å². The number of rotatable bonds is 5. The van der Waals surface area contributed by atoms with Crippen LogP contribution in [-0.2, 0) is 18.0 Å². The highest BCUT2D eigenvalue weighted by Crippen LogP contribution is 2.32. The van der Waals surface area contributed by atoms with E-state index in [9.17, 15) is 26.7 Å². The van der Waals surface area contributed by atoms with Gasteiger partial charge in [-0.15, -0.1) is 0 Å². The number of carbonyl (C=O) groups excluding carboxylic acids is 1. The van der Waals surface area contributed by atoms with E-state index in [0.29, 0.717) is 29.1 Å². The summed E-state index contributed by atoms with van der Waals surface area (Å²) in [5, 5.41) is 15.9. The Morgan fingerprint density at radius 2 is 1.89 bits per heavy atom. The van der Waals surface area contributed by atoms with Gasteiger partial charge in [-0.1, -0.05) is 12.1 Å². The zero-order chi connectivity index (χ0) is 27.0. The van der Waals surface area contributed by atoms with Crippen molar-refractivity contribution in [3.8, 4) is 17.2 Å². The third-order valence-corrected chi connectivity index (χ3v) is 5.72. The van der Waals surface area contributed by atoms with Crippen molar-refractivity contribution < 1.29 is 31.5 Å². The molecule has 0 aliphatic carbocycles. The van der Waals surface area contributed by atoms with E-state index >= 15 is 0 Å². The van der Waals surface area contributed by atoms with E-state index in [1.165, 1.54) is 11.6 Å². The lowest BCUT2D eigenvalue weighted by Crippen LogP contribution is -2.61. The third kappa shape index (κ3) is 5.67. The molecule has 1 aliphatic heterocycles. The van der Waals surface area contributed by atoms with E-state index in [1.807, 2.05) is 6.07 Å². The van der Waals surface area contributed by atoms with Gasteiger partial charge in [-0.05, 0) is 24.6 Å². The van der Waals surface area contributed by atoms with Crippen LogP contribution in [0.3, 0.4) is 0 Å². The van der Waals surface area contributed by atoms with E-state index < -0.39 is 42.4 Å². The Labute approximate surface area is 207 Å². The lowest BCUT2D eigenvalue weighted by atomic mass is 10.0. The van der Waals surface area contributed by atoms with Crippen molar-refractivity contribution >= 4 is 11.9 Å². The second-order valence-electron chi connectivity index (χ2n) is 8.39. The van der Waals surface area contributed by atoms with Gasteiger partial charge in [-0.2, -0.15) is 32.3 Å². The molecule has 1 aromatic carbocycles. The molecule has 0 spiro atoms. The summed E-state index contributed by atoms with van der Waals surface area (Å²) in [6.45, 7) is 0.0976. The molecule has 2 atom stereocenters. The highest BCUT2D eigenvalue weighted by Gasteiger charge is 2.48. The summed E-state index contributed by atoms with van der Waals surface area (Å²) in [5.41, 5.74) is 0.189. The molecule has 4 rings (SSSR count). The average molecular weight is 521 g/mol. The topological polar surface area (TPSA) is 109 Å². The quantitative estimate of drug-likeness (QED) is 0.510. The van der Waals surface area contributed by atoms with E-state index in [1.54, 1.807) is 37.5 Å². The largest absolute Gasteiger partial charge is 0.419 e. The normalized spacial score (nSPS) is 19.4. The van der Waals surface area contributed by atoms with Crippen molar-refractivity contribution in [1.82, 2.24) is 24.6 Å². The molecular formula is C23H20F5N7O2. The summed E-state index contributed by atoms with van der Waals surface area (Å²) in [6, 6.07) is 7.37. The number of halogens is 5. The predicted molar refractivity (Wildman–Crippen MR) is 119 cm³/mol. The molecule has 2 aromatic heterocycles. The van der Waals surface area contributed by atoms with Crippen LogP contribution < -0.4 is 5.32 Å². The molecular weight excluding hydrogens is 501 g/mol. The molecule has 3 heterocycles. The minimum Gasteiger partial charge on any atom is -0.352 e. The number of nitriles is 1. The highest BCUT2D eigenvalue weighted by atomic mass is 19.4. The van der Waals surface area contributed by atoms with Crippen molar-refractivity contribution in [2.24, 2.45) is 7.05 Å². The number of alkyl halides is 5. The van der Waals surface area contributed by atoms with E-state index in [-0.39, 0.29) is 18.2 Å². The SMILES string of the molecule is C[C@@H]1OC(F)(F)CN(C(=O)c2nn(C)cc2-c2ccc(C#N)cc2)[C@@H]1CNc1ncc(C(F)(F)F)cn1. The number of amides is 1. The Hall–Kier alpha value is -4.12. The lowest BCUT2D eigenvalue weighted by Gasteiger charge is -2.43. The first-order valence-corrected chi connectivity index (χ1v) is 10.9. The molecule has 9 nitrogen and oxygen atoms in total. The maximum Gasteiger partial charge on any atom is 0.419 e. The summed E-state index contributed by atoms with van der Waals surface area (Å²) < 4.78 is 73.2. The van der Waals surface area contributed by atoms with Gasteiger partial charge in [-0.3, -0.25) is 9.48 Å². The Balaban J connectivity index is 1.61. The van der Waals surface area contributed by atoms with Gasteiger partial charge in [0.25, 0.3) is 5.91 Å². The Bertz CT molecular complexity index is 1320. The number of morpholine rings is 1. The van der Waals surface area contributed by atoms with Gasteiger partial charge in [-0.25, -0.2) is 9.97 Å². The van der Waals surface area contributed by atoms with Crippen molar-refractivity contribution in [3.63, 3.8) is 0 Å². The molecule has 37 heavy (non-hydrogen) atoms. The fraction of sp³-hybridized carbons (Fsp3) is 0.348. The third-order valence-electron chi connectivity index (χ3n) is 5.72. The van der Waals surface area contributed by atoms with Gasteiger partial charge in [0.15, 0.2) is 5.69 Å². The summed E-state index contributed by atoms with van der Waals surface area (Å²) in [6.07, 6.45) is -6.68. The number of aryl methyl sites for hydroxylation is 1. The van der Waals surface area contributed by atoms with E-state index in [2.05, 4.69) is 20.4 Å². The van der Waals surface area contributed by atoms with Gasteiger partial charge >= 0.3 is 12.3 Å². The molecule has 0 radical (unpaired) electrons. The van der Waals surface area contributed by atoms with Crippen LogP contribution in [0.4, 0.5) is 27.9 Å². The number of hydrogen-bond donors (Lipinski definition) is 1. The fourth-order valence-electron chi connectivity index (χ4n) is 3.93. The van der Waals surface area contributed by atoms with Crippen LogP contribution in [0, 0.1) is 11.3 Å². The predicted octanol–water partition coefficient (Wildman–Crippen LogP) is 3.70. The van der Waals surface area contributed by atoms with Gasteiger partial charge in [0, 0.05) is 37.7 Å². The van der Waals surface area contributed by atoms with Crippen LogP contribution in [0.1, 0.15) is 28.5 Å². The van der Waals surface area contributed by atoms with Crippen molar-refractivity contribution in [2.45, 2.75) is 31.4 Å². The number of nitrogens with one attached hydrogen (secondary N) is 1. The first-order valence-electron chi connectivity index (χ1n) is 10.9. The zero-order valence-corrected chi connectivity index (χ0v) is 19.5. The molecule has 1 N–H and O–H groups in total. The number of anilines is 1. The zero-order valence-electron chi connectivity index (χ0n) is 19.5. The molecule has 1 amide bonds. The summed E-state index contributed by atoms with van der Waals surface area (Å²) >= 11 is 0. The number of carbonyl (C=O) groups is 1. The van der Waals surface area contributed by atoms with Gasteiger partial charge in [0.05, 0.1) is 29.3 Å². The smallest absolute Gasteiger partial charge is 0.352 e. The van der Waals surface area contributed by atoms with Crippen LogP contribution in [0.15, 0.2) is 42.9 Å². The highest BCUT2D eigenvalue weighted by molar-refractivity contribution is 5.99. The molecule has 0 unspecified atom stereocenters. The minimum absolute atomic E-state index is 0.0899. The number of ether oxygens (including phenoxy) is 1. The van der Waals surface area contributed by atoms with Crippen LogP contribution in [0.25, 0.3) is 11.1 Å². The van der Waals surface area contributed by atoms with Gasteiger partial charge in [0.1, 0.15) is 6.54 Å². The fourth-order valence-corrected chi connectivity index (χ4v) is 3.93. The van der Waals surface area contributed by atoms with Crippen LogP contribution >= 0.6 is 0 Å². The second-order valence-corrected chi connectivity index (χ2v) is 8.39. The van der Waals surface area contributed by atoms with E-state index in [4.69, 9.17) is 10.00 Å². The first-order chi connectivity index (χ1) is 17.4. The summed E-state index contributed by atoms with van der Waals surface area (Å²) in [4.78, 5) is 21.7. The van der Waals surface area contributed by atoms with E-state index in [0.717, 1.165) is 4.90 Å². The maximum atomic E-state index is 14.4. The Kier molecular flexibility index (Phi) is 6.83. The van der Waals surface area contributed by atoms with Crippen molar-refractivity contribution in [1.29, 1.82) is 5.26 Å². The van der Waals surface area contributed by atoms with Gasteiger partial charge < -0.3 is 15.0 Å². The molecule has 14 heteroatoms. The molecule has 0 saturated carbocycles.